The highest BCUT2D eigenvalue weighted by molar-refractivity contribution is 6.16. The van der Waals surface area contributed by atoms with E-state index in [4.69, 9.17) is 4.74 Å². The third-order valence-electron chi connectivity index (χ3n) is 4.32. The molecule has 0 bridgehead atoms. The highest BCUT2D eigenvalue weighted by Crippen LogP contribution is 2.38. The summed E-state index contributed by atoms with van der Waals surface area (Å²) in [5, 5.41) is 10.4. The second kappa shape index (κ2) is 7.76. The average molecular weight is 360 g/mol. The maximum Gasteiger partial charge on any atom is 0.205 e. The molecule has 1 unspecified atom stereocenters. The first-order valence-corrected chi connectivity index (χ1v) is 8.37. The molecule has 132 valence electrons. The van der Waals surface area contributed by atoms with Crippen molar-refractivity contribution in [2.45, 2.75) is 12.5 Å². The number of guanidine groups is 1. The van der Waals surface area contributed by atoms with Crippen LogP contribution in [0.1, 0.15) is 6.42 Å². The van der Waals surface area contributed by atoms with Crippen molar-refractivity contribution >= 4 is 29.7 Å². The summed E-state index contributed by atoms with van der Waals surface area (Å²) in [5.74, 6) is 1.72. The van der Waals surface area contributed by atoms with Crippen LogP contribution in [0.2, 0.25) is 0 Å². The summed E-state index contributed by atoms with van der Waals surface area (Å²) in [6.07, 6.45) is 0.466. The summed E-state index contributed by atoms with van der Waals surface area (Å²) in [7, 11) is 0. The minimum atomic E-state index is -0.595. The van der Waals surface area contributed by atoms with Crippen molar-refractivity contribution in [3.8, 4) is 5.75 Å². The molecule has 0 aromatic heterocycles. The monoisotopic (exact) mass is 359 g/mol. The molecular weight excluding hydrogens is 338 g/mol. The zero-order valence-electron chi connectivity index (χ0n) is 13.9. The molecule has 0 saturated carbocycles. The van der Waals surface area contributed by atoms with E-state index in [1.807, 2.05) is 42.5 Å². The summed E-state index contributed by atoms with van der Waals surface area (Å²) in [4.78, 5) is 9.02. The molecule has 2 aliphatic rings. The SMILES string of the molecule is Cl.OC(COc1ccccc1)CN1C2=NCCCN2c2ccccc21. The van der Waals surface area contributed by atoms with Gasteiger partial charge in [0.2, 0.25) is 5.96 Å². The van der Waals surface area contributed by atoms with Crippen LogP contribution in [0, 0.1) is 0 Å². The Labute approximate surface area is 154 Å². The molecule has 1 N–H and O–H groups in total. The van der Waals surface area contributed by atoms with Crippen molar-refractivity contribution in [3.63, 3.8) is 0 Å². The highest BCUT2D eigenvalue weighted by atomic mass is 35.5. The van der Waals surface area contributed by atoms with E-state index in [1.165, 1.54) is 5.69 Å². The quantitative estimate of drug-likeness (QED) is 0.891. The fourth-order valence-electron chi connectivity index (χ4n) is 3.23. The Balaban J connectivity index is 0.00000182. The maximum atomic E-state index is 10.4. The molecule has 2 aliphatic heterocycles. The Morgan fingerprint density at radius 2 is 1.76 bits per heavy atom. The van der Waals surface area contributed by atoms with E-state index >= 15 is 0 Å². The second-order valence-corrected chi connectivity index (χ2v) is 6.06. The fraction of sp³-hybridized carbons (Fsp3) is 0.316. The second-order valence-electron chi connectivity index (χ2n) is 6.06. The summed E-state index contributed by atoms with van der Waals surface area (Å²) < 4.78 is 5.67. The number of nitrogens with zero attached hydrogens (tertiary/aromatic N) is 3. The van der Waals surface area contributed by atoms with Crippen LogP contribution >= 0.6 is 12.4 Å². The third-order valence-corrected chi connectivity index (χ3v) is 4.32. The van der Waals surface area contributed by atoms with Gasteiger partial charge >= 0.3 is 0 Å². The lowest BCUT2D eigenvalue weighted by Gasteiger charge is -2.28. The van der Waals surface area contributed by atoms with Crippen LogP contribution in [-0.4, -0.2) is 43.4 Å². The van der Waals surface area contributed by atoms with E-state index in [0.29, 0.717) is 6.54 Å². The van der Waals surface area contributed by atoms with E-state index in [0.717, 1.165) is 36.9 Å². The first-order chi connectivity index (χ1) is 11.8. The summed E-state index contributed by atoms with van der Waals surface area (Å²) in [5.41, 5.74) is 2.28. The molecule has 5 nitrogen and oxygen atoms in total. The number of aliphatic hydroxyl groups excluding tert-OH is 1. The van der Waals surface area contributed by atoms with Gasteiger partial charge in [0.05, 0.1) is 17.9 Å². The standard InChI is InChI=1S/C19H21N3O2.ClH/c23-15(14-24-16-7-2-1-3-8-16)13-22-18-10-5-4-9-17(18)21-12-6-11-20-19(21)22;/h1-5,7-10,15,23H,6,11-14H2;1H. The van der Waals surface area contributed by atoms with E-state index in [9.17, 15) is 5.11 Å². The molecule has 6 heteroatoms. The minimum absolute atomic E-state index is 0. The van der Waals surface area contributed by atoms with Crippen molar-refractivity contribution in [2.24, 2.45) is 4.99 Å². The summed E-state index contributed by atoms with van der Waals surface area (Å²) in [6.45, 7) is 2.55. The number of aliphatic hydroxyl groups is 1. The van der Waals surface area contributed by atoms with Gasteiger partial charge in [-0.3, -0.25) is 4.99 Å². The molecule has 0 spiro atoms. The number of halogens is 1. The zero-order valence-corrected chi connectivity index (χ0v) is 14.7. The predicted octanol–water partition coefficient (Wildman–Crippen LogP) is 2.93. The van der Waals surface area contributed by atoms with Gasteiger partial charge in [-0.15, -0.1) is 12.4 Å². The summed E-state index contributed by atoms with van der Waals surface area (Å²) >= 11 is 0. The van der Waals surface area contributed by atoms with E-state index in [-0.39, 0.29) is 19.0 Å². The lowest BCUT2D eigenvalue weighted by Crippen LogP contribution is -2.45. The third kappa shape index (κ3) is 3.57. The van der Waals surface area contributed by atoms with E-state index in [2.05, 4.69) is 26.9 Å². The molecule has 0 fully saturated rings. The van der Waals surface area contributed by atoms with Crippen molar-refractivity contribution < 1.29 is 9.84 Å². The molecule has 1 atom stereocenters. The Morgan fingerprint density at radius 1 is 1.04 bits per heavy atom. The van der Waals surface area contributed by atoms with Crippen LogP contribution in [-0.2, 0) is 0 Å². The first-order valence-electron chi connectivity index (χ1n) is 8.37. The lowest BCUT2D eigenvalue weighted by atomic mass is 10.2. The van der Waals surface area contributed by atoms with Gasteiger partial charge in [-0.05, 0) is 30.7 Å². The highest BCUT2D eigenvalue weighted by Gasteiger charge is 2.34. The number of anilines is 2. The largest absolute Gasteiger partial charge is 0.491 e. The number of benzene rings is 2. The Hall–Kier alpha value is -2.24. The number of rotatable bonds is 5. The average Bonchev–Trinajstić information content (AvgIpc) is 2.95. The van der Waals surface area contributed by atoms with Gasteiger partial charge in [-0.1, -0.05) is 30.3 Å². The van der Waals surface area contributed by atoms with Gasteiger partial charge in [-0.2, -0.15) is 0 Å². The number of para-hydroxylation sites is 3. The number of ether oxygens (including phenoxy) is 1. The molecule has 25 heavy (non-hydrogen) atoms. The van der Waals surface area contributed by atoms with Crippen LogP contribution in [0.15, 0.2) is 59.6 Å². The van der Waals surface area contributed by atoms with E-state index in [1.54, 1.807) is 0 Å². The van der Waals surface area contributed by atoms with Gasteiger partial charge in [0.15, 0.2) is 0 Å². The number of β-amino-alcohol motifs (C(OH)–C–C–N with tert-alkyl or cyclic N) is 1. The molecule has 2 heterocycles. The molecule has 2 aromatic carbocycles. The van der Waals surface area contributed by atoms with Gasteiger partial charge in [0, 0.05) is 13.1 Å². The molecule has 0 saturated heterocycles. The summed E-state index contributed by atoms with van der Waals surface area (Å²) in [6, 6.07) is 17.8. The molecule has 2 aromatic rings. The minimum Gasteiger partial charge on any atom is -0.491 e. The van der Waals surface area contributed by atoms with Crippen molar-refractivity contribution in [1.82, 2.24) is 0 Å². The van der Waals surface area contributed by atoms with Crippen molar-refractivity contribution in [3.05, 3.63) is 54.6 Å². The predicted molar refractivity (Wildman–Crippen MR) is 103 cm³/mol. The number of hydrogen-bond acceptors (Lipinski definition) is 5. The Bertz CT molecular complexity index is 738. The Kier molecular flexibility index (Phi) is 5.46. The Morgan fingerprint density at radius 3 is 2.56 bits per heavy atom. The van der Waals surface area contributed by atoms with Gasteiger partial charge in [0.1, 0.15) is 18.5 Å². The molecule has 0 aliphatic carbocycles. The van der Waals surface area contributed by atoms with Gasteiger partial charge in [0.25, 0.3) is 0 Å². The molecule has 4 rings (SSSR count). The van der Waals surface area contributed by atoms with Gasteiger partial charge in [-0.25, -0.2) is 0 Å². The van der Waals surface area contributed by atoms with Crippen molar-refractivity contribution in [2.75, 3.05) is 36.0 Å². The van der Waals surface area contributed by atoms with Gasteiger partial charge < -0.3 is 19.6 Å². The number of aliphatic imine (C=N–C) groups is 1. The smallest absolute Gasteiger partial charge is 0.205 e. The first kappa shape index (κ1) is 17.6. The van der Waals surface area contributed by atoms with Crippen LogP contribution in [0.25, 0.3) is 0 Å². The molecule has 0 radical (unpaired) electrons. The zero-order chi connectivity index (χ0) is 16.4. The topological polar surface area (TPSA) is 48.3 Å². The van der Waals surface area contributed by atoms with Crippen LogP contribution < -0.4 is 14.5 Å². The van der Waals surface area contributed by atoms with Crippen LogP contribution in [0.3, 0.4) is 0 Å². The maximum absolute atomic E-state index is 10.4. The normalized spacial score (nSPS) is 16.4. The lowest BCUT2D eigenvalue weighted by molar-refractivity contribution is 0.114. The van der Waals surface area contributed by atoms with Crippen LogP contribution in [0.4, 0.5) is 11.4 Å². The van der Waals surface area contributed by atoms with Crippen LogP contribution in [0.5, 0.6) is 5.75 Å². The molecule has 0 amide bonds. The van der Waals surface area contributed by atoms with Crippen molar-refractivity contribution in [1.29, 1.82) is 0 Å². The number of fused-ring (bicyclic) bond motifs is 3. The molecular formula is C19H22ClN3O2. The number of hydrogen-bond donors (Lipinski definition) is 1. The van der Waals surface area contributed by atoms with E-state index < -0.39 is 6.10 Å². The fourth-order valence-corrected chi connectivity index (χ4v) is 3.23.